The van der Waals surface area contributed by atoms with Gasteiger partial charge in [0.15, 0.2) is 0 Å². The predicted molar refractivity (Wildman–Crippen MR) is 125 cm³/mol. The molecule has 0 aliphatic carbocycles. The molecule has 0 radical (unpaired) electrons. The van der Waals surface area contributed by atoms with Gasteiger partial charge in [0.2, 0.25) is 11.8 Å². The van der Waals surface area contributed by atoms with Crippen LogP contribution in [0.25, 0.3) is 0 Å². The summed E-state index contributed by atoms with van der Waals surface area (Å²) in [5.41, 5.74) is 2.96. The van der Waals surface area contributed by atoms with Gasteiger partial charge in [-0.25, -0.2) is 0 Å². The van der Waals surface area contributed by atoms with Crippen molar-refractivity contribution < 1.29 is 19.1 Å². The van der Waals surface area contributed by atoms with E-state index < -0.39 is 5.92 Å². The van der Waals surface area contributed by atoms with Crippen LogP contribution < -0.4 is 15.0 Å². The maximum absolute atomic E-state index is 13.3. The molecule has 2 atom stereocenters. The molecule has 2 aromatic carbocycles. The zero-order valence-electron chi connectivity index (χ0n) is 18.9. The molecule has 0 bridgehead atoms. The number of nitrogens with zero attached hydrogens (tertiary/aromatic N) is 2. The first-order valence-corrected chi connectivity index (χ1v) is 11.8. The van der Waals surface area contributed by atoms with Crippen LogP contribution in [0.3, 0.4) is 0 Å². The van der Waals surface area contributed by atoms with Gasteiger partial charge < -0.3 is 19.9 Å². The van der Waals surface area contributed by atoms with Gasteiger partial charge in [-0.2, -0.15) is 0 Å². The van der Waals surface area contributed by atoms with E-state index in [0.717, 1.165) is 43.5 Å². The number of carbonyl (C=O) groups excluding carboxylic acids is 3. The third-order valence-electron chi connectivity index (χ3n) is 6.92. The van der Waals surface area contributed by atoms with Gasteiger partial charge in [-0.3, -0.25) is 14.4 Å². The highest BCUT2D eigenvalue weighted by Gasteiger charge is 2.36. The van der Waals surface area contributed by atoms with Gasteiger partial charge >= 0.3 is 0 Å². The van der Waals surface area contributed by atoms with E-state index in [2.05, 4.69) is 5.32 Å². The van der Waals surface area contributed by atoms with Crippen molar-refractivity contribution in [1.82, 2.24) is 4.90 Å². The molecule has 0 spiro atoms. The van der Waals surface area contributed by atoms with Gasteiger partial charge in [0.1, 0.15) is 5.75 Å². The van der Waals surface area contributed by atoms with Crippen LogP contribution in [-0.2, 0) is 9.59 Å². The number of piperidine rings is 1. The number of amides is 3. The van der Waals surface area contributed by atoms with E-state index in [4.69, 9.17) is 4.74 Å². The van der Waals surface area contributed by atoms with E-state index in [0.29, 0.717) is 30.2 Å². The van der Waals surface area contributed by atoms with E-state index in [1.807, 2.05) is 36.1 Å². The number of benzene rings is 2. The van der Waals surface area contributed by atoms with Crippen LogP contribution in [-0.4, -0.2) is 48.4 Å². The number of rotatable bonds is 3. The van der Waals surface area contributed by atoms with Crippen molar-refractivity contribution in [2.75, 3.05) is 29.9 Å². The molecule has 3 aliphatic rings. The molecule has 2 aromatic rings. The summed E-state index contributed by atoms with van der Waals surface area (Å²) >= 11 is 0. The minimum absolute atomic E-state index is 0.0351. The standard InChI is InChI=1S/C26H29N3O4/c1-17-5-8-21(9-6-17)29-16-18(14-24(29)30)25(31)27-19-7-10-23-22(15-19)26(32)28-12-3-2-4-20(28)11-13-33-23/h5-10,15,18,20H,2-4,11-14,16H2,1H3,(H,27,31)/t18-,20-/m1/s1. The summed E-state index contributed by atoms with van der Waals surface area (Å²) in [6, 6.07) is 13.2. The molecule has 0 saturated carbocycles. The number of hydrogen-bond acceptors (Lipinski definition) is 4. The van der Waals surface area contributed by atoms with Gasteiger partial charge in [-0.05, 0) is 56.5 Å². The Morgan fingerprint density at radius 2 is 1.88 bits per heavy atom. The number of ether oxygens (including phenoxy) is 1. The number of carbonyl (C=O) groups is 3. The Labute approximate surface area is 193 Å². The number of aryl methyl sites for hydroxylation is 1. The summed E-state index contributed by atoms with van der Waals surface area (Å²) in [6.07, 6.45) is 4.17. The van der Waals surface area contributed by atoms with Crippen molar-refractivity contribution in [1.29, 1.82) is 0 Å². The molecule has 7 heteroatoms. The fourth-order valence-electron chi connectivity index (χ4n) is 5.03. The molecule has 2 saturated heterocycles. The minimum Gasteiger partial charge on any atom is -0.493 e. The highest BCUT2D eigenvalue weighted by Crippen LogP contribution is 2.32. The lowest BCUT2D eigenvalue weighted by Crippen LogP contribution is -2.45. The lowest BCUT2D eigenvalue weighted by atomic mass is 9.97. The summed E-state index contributed by atoms with van der Waals surface area (Å²) in [6.45, 7) is 3.68. The highest BCUT2D eigenvalue weighted by atomic mass is 16.5. The van der Waals surface area contributed by atoms with Gasteiger partial charge in [-0.15, -0.1) is 0 Å². The molecule has 3 amide bonds. The monoisotopic (exact) mass is 447 g/mol. The summed E-state index contributed by atoms with van der Waals surface area (Å²) < 4.78 is 5.88. The SMILES string of the molecule is Cc1ccc(N2C[C@H](C(=O)Nc3ccc4c(c3)C(=O)N3CCCC[C@@H]3CCO4)CC2=O)cc1. The number of anilines is 2. The lowest BCUT2D eigenvalue weighted by Gasteiger charge is -2.37. The molecule has 3 heterocycles. The molecule has 33 heavy (non-hydrogen) atoms. The zero-order chi connectivity index (χ0) is 22.9. The Morgan fingerprint density at radius 1 is 1.06 bits per heavy atom. The van der Waals surface area contributed by atoms with Gasteiger partial charge in [0, 0.05) is 43.3 Å². The number of nitrogens with one attached hydrogen (secondary N) is 1. The maximum Gasteiger partial charge on any atom is 0.257 e. The van der Waals surface area contributed by atoms with E-state index in [9.17, 15) is 14.4 Å². The van der Waals surface area contributed by atoms with Crippen molar-refractivity contribution in [3.63, 3.8) is 0 Å². The summed E-state index contributed by atoms with van der Waals surface area (Å²) in [7, 11) is 0. The molecule has 5 rings (SSSR count). The first kappa shape index (κ1) is 21.5. The Hall–Kier alpha value is -3.35. The molecule has 7 nitrogen and oxygen atoms in total. The van der Waals surface area contributed by atoms with Crippen molar-refractivity contribution in [2.45, 2.75) is 45.1 Å². The smallest absolute Gasteiger partial charge is 0.257 e. The molecule has 0 aromatic heterocycles. The second kappa shape index (κ2) is 8.89. The average molecular weight is 448 g/mol. The van der Waals surface area contributed by atoms with Crippen LogP contribution in [0.15, 0.2) is 42.5 Å². The van der Waals surface area contributed by atoms with Crippen molar-refractivity contribution in [2.24, 2.45) is 5.92 Å². The largest absolute Gasteiger partial charge is 0.493 e. The normalized spacial score (nSPS) is 22.7. The van der Waals surface area contributed by atoms with E-state index >= 15 is 0 Å². The molecule has 1 N–H and O–H groups in total. The molecular formula is C26H29N3O4. The van der Waals surface area contributed by atoms with E-state index in [1.165, 1.54) is 0 Å². The van der Waals surface area contributed by atoms with Gasteiger partial charge in [0.05, 0.1) is 18.1 Å². The molecular weight excluding hydrogens is 418 g/mol. The van der Waals surface area contributed by atoms with Crippen LogP contribution in [0.5, 0.6) is 5.75 Å². The first-order chi connectivity index (χ1) is 16.0. The molecule has 2 fully saturated rings. The average Bonchev–Trinajstić information content (AvgIpc) is 3.21. The summed E-state index contributed by atoms with van der Waals surface area (Å²) in [5, 5.41) is 2.92. The van der Waals surface area contributed by atoms with Crippen molar-refractivity contribution in [3.05, 3.63) is 53.6 Å². The third-order valence-corrected chi connectivity index (χ3v) is 6.92. The maximum atomic E-state index is 13.3. The van der Waals surface area contributed by atoms with E-state index in [1.54, 1.807) is 23.1 Å². The molecule has 3 aliphatic heterocycles. The number of fused-ring (bicyclic) bond motifs is 2. The lowest BCUT2D eigenvalue weighted by molar-refractivity contribution is -0.122. The van der Waals surface area contributed by atoms with Crippen molar-refractivity contribution in [3.8, 4) is 5.75 Å². The zero-order valence-corrected chi connectivity index (χ0v) is 18.9. The van der Waals surface area contributed by atoms with Gasteiger partial charge in [0.25, 0.3) is 5.91 Å². The summed E-state index contributed by atoms with van der Waals surface area (Å²) in [4.78, 5) is 42.4. The summed E-state index contributed by atoms with van der Waals surface area (Å²) in [5.74, 6) is -0.195. The van der Waals surface area contributed by atoms with Gasteiger partial charge in [-0.1, -0.05) is 17.7 Å². The second-order valence-electron chi connectivity index (χ2n) is 9.23. The van der Waals surface area contributed by atoms with Crippen molar-refractivity contribution >= 4 is 29.1 Å². The van der Waals surface area contributed by atoms with Crippen LogP contribution in [0.2, 0.25) is 0 Å². The first-order valence-electron chi connectivity index (χ1n) is 11.8. The molecule has 172 valence electrons. The molecule has 0 unspecified atom stereocenters. The fraction of sp³-hybridized carbons (Fsp3) is 0.423. The fourth-order valence-corrected chi connectivity index (χ4v) is 5.03. The van der Waals surface area contributed by atoms with Crippen LogP contribution in [0, 0.1) is 12.8 Å². The van der Waals surface area contributed by atoms with Crippen LogP contribution >= 0.6 is 0 Å². The Bertz CT molecular complexity index is 1080. The highest BCUT2D eigenvalue weighted by molar-refractivity contribution is 6.04. The number of hydrogen-bond donors (Lipinski definition) is 1. The van der Waals surface area contributed by atoms with Crippen LogP contribution in [0.1, 0.15) is 48.0 Å². The Morgan fingerprint density at radius 3 is 2.70 bits per heavy atom. The third kappa shape index (κ3) is 4.32. The quantitative estimate of drug-likeness (QED) is 0.777. The van der Waals surface area contributed by atoms with E-state index in [-0.39, 0.29) is 30.2 Å². The second-order valence-corrected chi connectivity index (χ2v) is 9.23. The Kier molecular flexibility index (Phi) is 5.79. The topological polar surface area (TPSA) is 79.0 Å². The van der Waals surface area contributed by atoms with Crippen LogP contribution in [0.4, 0.5) is 11.4 Å². The Balaban J connectivity index is 1.31. The minimum atomic E-state index is -0.445. The predicted octanol–water partition coefficient (Wildman–Crippen LogP) is 3.76.